The molecule has 1 fully saturated rings. The first-order valence-electron chi connectivity index (χ1n) is 10.1. The second kappa shape index (κ2) is 7.48. The van der Waals surface area contributed by atoms with E-state index in [4.69, 9.17) is 5.73 Å². The van der Waals surface area contributed by atoms with Crippen LogP contribution >= 0.6 is 0 Å². The van der Waals surface area contributed by atoms with E-state index in [2.05, 4.69) is 22.1 Å². The summed E-state index contributed by atoms with van der Waals surface area (Å²) in [4.78, 5) is 20.0. The van der Waals surface area contributed by atoms with E-state index in [1.165, 1.54) is 0 Å². The summed E-state index contributed by atoms with van der Waals surface area (Å²) >= 11 is 0. The number of fused-ring (bicyclic) bond motifs is 1. The van der Waals surface area contributed by atoms with Gasteiger partial charge in [0.2, 0.25) is 0 Å². The van der Waals surface area contributed by atoms with Gasteiger partial charge in [0.05, 0.1) is 22.3 Å². The van der Waals surface area contributed by atoms with Crippen molar-refractivity contribution in [2.75, 3.05) is 13.1 Å². The SMILES string of the molecule is CCCC1(N)CCN(C(=O)c2cc(-c3ccc(O)cc3)nc3[nH]nc(C)c23)CC1. The van der Waals surface area contributed by atoms with E-state index >= 15 is 0 Å². The van der Waals surface area contributed by atoms with E-state index in [0.717, 1.165) is 42.3 Å². The molecule has 1 amide bonds. The Bertz CT molecular complexity index is 1030. The third kappa shape index (κ3) is 3.70. The largest absolute Gasteiger partial charge is 0.508 e. The minimum absolute atomic E-state index is 0.0134. The zero-order chi connectivity index (χ0) is 20.6. The summed E-state index contributed by atoms with van der Waals surface area (Å²) in [6.07, 6.45) is 3.67. The van der Waals surface area contributed by atoms with Crippen LogP contribution in [-0.4, -0.2) is 49.7 Å². The van der Waals surface area contributed by atoms with Crippen LogP contribution in [-0.2, 0) is 0 Å². The lowest BCUT2D eigenvalue weighted by Crippen LogP contribution is -2.51. The molecule has 152 valence electrons. The number of phenols is 1. The Morgan fingerprint density at radius 3 is 2.62 bits per heavy atom. The molecule has 0 bridgehead atoms. The van der Waals surface area contributed by atoms with Gasteiger partial charge in [-0.1, -0.05) is 13.3 Å². The first kappa shape index (κ1) is 19.4. The molecule has 1 aromatic carbocycles. The normalized spacial score (nSPS) is 16.3. The third-order valence-corrected chi connectivity index (χ3v) is 5.90. The summed E-state index contributed by atoms with van der Waals surface area (Å²) in [5.74, 6) is 0.176. The molecule has 7 nitrogen and oxygen atoms in total. The zero-order valence-corrected chi connectivity index (χ0v) is 16.9. The third-order valence-electron chi connectivity index (χ3n) is 5.90. The van der Waals surface area contributed by atoms with E-state index in [-0.39, 0.29) is 17.2 Å². The molecule has 2 aromatic heterocycles. The smallest absolute Gasteiger partial charge is 0.254 e. The molecule has 0 aliphatic carbocycles. The number of aromatic hydroxyl groups is 1. The number of carbonyl (C=O) groups excluding carboxylic acids is 1. The number of nitrogens with two attached hydrogens (primary N) is 1. The fourth-order valence-corrected chi connectivity index (χ4v) is 4.21. The average Bonchev–Trinajstić information content (AvgIpc) is 3.09. The first-order chi connectivity index (χ1) is 13.9. The second-order valence-corrected chi connectivity index (χ2v) is 8.04. The monoisotopic (exact) mass is 393 g/mol. The minimum Gasteiger partial charge on any atom is -0.508 e. The fraction of sp³-hybridized carbons (Fsp3) is 0.409. The predicted octanol–water partition coefficient (Wildman–Crippen LogP) is 3.37. The van der Waals surface area contributed by atoms with Gasteiger partial charge in [-0.25, -0.2) is 4.98 Å². The molecular formula is C22H27N5O2. The Morgan fingerprint density at radius 2 is 1.97 bits per heavy atom. The van der Waals surface area contributed by atoms with Crippen molar-refractivity contribution in [2.24, 2.45) is 5.73 Å². The van der Waals surface area contributed by atoms with Gasteiger partial charge in [0.15, 0.2) is 5.65 Å². The van der Waals surface area contributed by atoms with Crippen LogP contribution < -0.4 is 5.73 Å². The summed E-state index contributed by atoms with van der Waals surface area (Å²) in [7, 11) is 0. The number of hydrogen-bond acceptors (Lipinski definition) is 5. The van der Waals surface area contributed by atoms with Gasteiger partial charge in [-0.05, 0) is 56.5 Å². The Kier molecular flexibility index (Phi) is 5.00. The van der Waals surface area contributed by atoms with Crippen LogP contribution in [0.2, 0.25) is 0 Å². The number of carbonyl (C=O) groups is 1. The van der Waals surface area contributed by atoms with Crippen LogP contribution in [0, 0.1) is 6.92 Å². The van der Waals surface area contributed by atoms with Gasteiger partial charge in [-0.3, -0.25) is 9.89 Å². The van der Waals surface area contributed by atoms with Gasteiger partial charge in [0, 0.05) is 24.2 Å². The molecule has 4 N–H and O–H groups in total. The zero-order valence-electron chi connectivity index (χ0n) is 16.9. The maximum atomic E-state index is 13.4. The number of nitrogens with one attached hydrogen (secondary N) is 1. The van der Waals surface area contributed by atoms with Crippen LogP contribution in [0.3, 0.4) is 0 Å². The summed E-state index contributed by atoms with van der Waals surface area (Å²) in [6, 6.07) is 8.63. The molecule has 1 aliphatic rings. The van der Waals surface area contributed by atoms with Crippen LogP contribution in [0.4, 0.5) is 0 Å². The Hall–Kier alpha value is -2.93. The Labute approximate surface area is 169 Å². The highest BCUT2D eigenvalue weighted by molar-refractivity contribution is 6.07. The maximum Gasteiger partial charge on any atom is 0.254 e. The number of rotatable bonds is 4. The van der Waals surface area contributed by atoms with Crippen molar-refractivity contribution in [1.29, 1.82) is 0 Å². The number of likely N-dealkylation sites (tertiary alicyclic amines) is 1. The Balaban J connectivity index is 1.70. The van der Waals surface area contributed by atoms with Crippen molar-refractivity contribution in [3.8, 4) is 17.0 Å². The summed E-state index contributed by atoms with van der Waals surface area (Å²) in [6.45, 7) is 5.33. The highest BCUT2D eigenvalue weighted by Crippen LogP contribution is 2.30. The topological polar surface area (TPSA) is 108 Å². The predicted molar refractivity (Wildman–Crippen MR) is 113 cm³/mol. The highest BCUT2D eigenvalue weighted by atomic mass is 16.3. The average molecular weight is 393 g/mol. The number of aromatic nitrogens is 3. The van der Waals surface area contributed by atoms with Gasteiger partial charge in [0.1, 0.15) is 5.75 Å². The number of nitrogens with zero attached hydrogens (tertiary/aromatic N) is 3. The van der Waals surface area contributed by atoms with Crippen molar-refractivity contribution in [2.45, 2.75) is 45.1 Å². The maximum absolute atomic E-state index is 13.4. The molecule has 0 spiro atoms. The van der Waals surface area contributed by atoms with Gasteiger partial charge >= 0.3 is 0 Å². The molecule has 3 aromatic rings. The van der Waals surface area contributed by atoms with E-state index in [0.29, 0.717) is 30.0 Å². The molecule has 3 heterocycles. The molecule has 0 saturated carbocycles. The lowest BCUT2D eigenvalue weighted by Gasteiger charge is -2.39. The molecular weight excluding hydrogens is 366 g/mol. The highest BCUT2D eigenvalue weighted by Gasteiger charge is 2.33. The van der Waals surface area contributed by atoms with Crippen molar-refractivity contribution in [3.63, 3.8) is 0 Å². The number of pyridine rings is 1. The van der Waals surface area contributed by atoms with Crippen LogP contribution in [0.1, 0.15) is 48.7 Å². The molecule has 29 heavy (non-hydrogen) atoms. The molecule has 0 atom stereocenters. The molecule has 4 rings (SSSR count). The van der Waals surface area contributed by atoms with E-state index in [1.54, 1.807) is 24.3 Å². The number of phenolic OH excluding ortho intramolecular Hbond substituents is 1. The second-order valence-electron chi connectivity index (χ2n) is 8.04. The standard InChI is InChI=1S/C22H27N5O2/c1-3-8-22(23)9-11-27(12-10-22)21(29)17-13-18(15-4-6-16(28)7-5-15)24-20-19(17)14(2)25-26-20/h4-7,13,28H,3,8-12,23H2,1-2H3,(H,24,25,26). The summed E-state index contributed by atoms with van der Waals surface area (Å²) < 4.78 is 0. The number of benzene rings is 1. The number of hydrogen-bond donors (Lipinski definition) is 3. The van der Waals surface area contributed by atoms with E-state index in [1.807, 2.05) is 17.9 Å². The number of aryl methyl sites for hydroxylation is 1. The Morgan fingerprint density at radius 1 is 1.28 bits per heavy atom. The number of amides is 1. The molecule has 0 unspecified atom stereocenters. The van der Waals surface area contributed by atoms with Crippen molar-refractivity contribution < 1.29 is 9.90 Å². The summed E-state index contributed by atoms with van der Waals surface area (Å²) in [5, 5.41) is 17.5. The number of H-pyrrole nitrogens is 1. The quantitative estimate of drug-likeness (QED) is 0.630. The van der Waals surface area contributed by atoms with Crippen LogP contribution in [0.5, 0.6) is 5.75 Å². The van der Waals surface area contributed by atoms with Crippen LogP contribution in [0.15, 0.2) is 30.3 Å². The van der Waals surface area contributed by atoms with E-state index in [9.17, 15) is 9.90 Å². The molecule has 1 saturated heterocycles. The van der Waals surface area contributed by atoms with Crippen LogP contribution in [0.25, 0.3) is 22.3 Å². The van der Waals surface area contributed by atoms with Gasteiger partial charge in [0.25, 0.3) is 5.91 Å². The van der Waals surface area contributed by atoms with Crippen molar-refractivity contribution in [3.05, 3.63) is 41.6 Å². The van der Waals surface area contributed by atoms with Gasteiger partial charge < -0.3 is 15.7 Å². The van der Waals surface area contributed by atoms with E-state index < -0.39 is 0 Å². The first-order valence-corrected chi connectivity index (χ1v) is 10.1. The van der Waals surface area contributed by atoms with Crippen molar-refractivity contribution >= 4 is 16.9 Å². The van der Waals surface area contributed by atoms with Gasteiger partial charge in [-0.15, -0.1) is 0 Å². The summed E-state index contributed by atoms with van der Waals surface area (Å²) in [5.41, 5.74) is 9.77. The number of aromatic amines is 1. The number of piperidine rings is 1. The van der Waals surface area contributed by atoms with Gasteiger partial charge in [-0.2, -0.15) is 5.10 Å². The molecule has 0 radical (unpaired) electrons. The minimum atomic E-state index is -0.165. The lowest BCUT2D eigenvalue weighted by atomic mass is 9.84. The fourth-order valence-electron chi connectivity index (χ4n) is 4.21. The molecule has 1 aliphatic heterocycles. The lowest BCUT2D eigenvalue weighted by molar-refractivity contribution is 0.0667. The van der Waals surface area contributed by atoms with Crippen molar-refractivity contribution in [1.82, 2.24) is 20.1 Å². The molecule has 7 heteroatoms.